The summed E-state index contributed by atoms with van der Waals surface area (Å²) in [6.45, 7) is 3.50. The fraction of sp³-hybridized carbons (Fsp3) is 0.353. The first-order valence-corrected chi connectivity index (χ1v) is 8.26. The minimum Gasteiger partial charge on any atom is -0.481 e. The Morgan fingerprint density at radius 1 is 1.26 bits per heavy atom. The summed E-state index contributed by atoms with van der Waals surface area (Å²) in [5, 5.41) is 11.4. The molecule has 5 nitrogen and oxygen atoms in total. The standard InChI is InChI=1S/C17H21NO4S/c1-12(8-16(20)21)10-18-17(22)15(11-23-13(2)19)9-14-6-4-3-5-7-14/h3-7,9,12H,8,10-11H2,1-2H3,(H,18,22)(H,20,21). The molecule has 1 rings (SSSR count). The lowest BCUT2D eigenvalue weighted by molar-refractivity contribution is -0.138. The summed E-state index contributed by atoms with van der Waals surface area (Å²) in [4.78, 5) is 34.1. The number of carbonyl (C=O) groups is 3. The normalized spacial score (nSPS) is 12.5. The average Bonchev–Trinajstić information content (AvgIpc) is 2.49. The van der Waals surface area contributed by atoms with Gasteiger partial charge in [0, 0.05) is 31.2 Å². The summed E-state index contributed by atoms with van der Waals surface area (Å²) in [5.41, 5.74) is 1.36. The van der Waals surface area contributed by atoms with Gasteiger partial charge in [-0.15, -0.1) is 0 Å². The van der Waals surface area contributed by atoms with Crippen LogP contribution in [-0.4, -0.2) is 34.4 Å². The van der Waals surface area contributed by atoms with Crippen molar-refractivity contribution in [1.82, 2.24) is 5.32 Å². The lowest BCUT2D eigenvalue weighted by Crippen LogP contribution is -2.31. The topological polar surface area (TPSA) is 83.5 Å². The summed E-state index contributed by atoms with van der Waals surface area (Å²) in [6.07, 6.45) is 1.74. The molecule has 0 spiro atoms. The second-order valence-corrected chi connectivity index (χ2v) is 6.43. The van der Waals surface area contributed by atoms with E-state index < -0.39 is 5.97 Å². The van der Waals surface area contributed by atoms with Gasteiger partial charge in [0.2, 0.25) is 5.91 Å². The molecule has 0 fully saturated rings. The van der Waals surface area contributed by atoms with Crippen LogP contribution in [0.15, 0.2) is 35.9 Å². The van der Waals surface area contributed by atoms with E-state index in [4.69, 9.17) is 5.11 Å². The maximum absolute atomic E-state index is 12.3. The SMILES string of the molecule is CC(=O)SCC(=Cc1ccccc1)C(=O)NCC(C)CC(=O)O. The minimum atomic E-state index is -0.890. The molecule has 0 aliphatic rings. The maximum Gasteiger partial charge on any atom is 0.303 e. The molecule has 1 atom stereocenters. The van der Waals surface area contributed by atoms with Gasteiger partial charge in [-0.25, -0.2) is 0 Å². The number of thioether (sulfide) groups is 1. The molecule has 0 aliphatic carbocycles. The average molecular weight is 335 g/mol. The van der Waals surface area contributed by atoms with Crippen LogP contribution in [0.4, 0.5) is 0 Å². The number of hydrogen-bond donors (Lipinski definition) is 2. The van der Waals surface area contributed by atoms with E-state index in [1.807, 2.05) is 30.3 Å². The van der Waals surface area contributed by atoms with Gasteiger partial charge in [-0.1, -0.05) is 49.0 Å². The van der Waals surface area contributed by atoms with E-state index in [9.17, 15) is 14.4 Å². The molecule has 1 unspecified atom stereocenters. The number of nitrogens with one attached hydrogen (secondary N) is 1. The molecule has 0 aromatic heterocycles. The first-order valence-electron chi connectivity index (χ1n) is 7.27. The second kappa shape index (κ2) is 9.84. The van der Waals surface area contributed by atoms with Crippen molar-refractivity contribution in [3.63, 3.8) is 0 Å². The molecule has 0 radical (unpaired) electrons. The third-order valence-electron chi connectivity index (χ3n) is 3.00. The van der Waals surface area contributed by atoms with Crippen LogP contribution in [-0.2, 0) is 14.4 Å². The van der Waals surface area contributed by atoms with E-state index in [0.29, 0.717) is 5.57 Å². The molecule has 0 saturated carbocycles. The molecule has 6 heteroatoms. The number of amides is 1. The van der Waals surface area contributed by atoms with Crippen molar-refractivity contribution in [2.45, 2.75) is 20.3 Å². The Labute approximate surface area is 140 Å². The van der Waals surface area contributed by atoms with E-state index in [1.54, 1.807) is 13.0 Å². The fourth-order valence-corrected chi connectivity index (χ4v) is 2.43. The Bertz CT molecular complexity index is 584. The molecular weight excluding hydrogens is 314 g/mol. The van der Waals surface area contributed by atoms with Gasteiger partial charge in [-0.2, -0.15) is 0 Å². The molecule has 23 heavy (non-hydrogen) atoms. The molecule has 0 bridgehead atoms. The molecule has 0 heterocycles. The fourth-order valence-electron chi connectivity index (χ4n) is 1.85. The van der Waals surface area contributed by atoms with E-state index in [0.717, 1.165) is 17.3 Å². The zero-order valence-electron chi connectivity index (χ0n) is 13.2. The van der Waals surface area contributed by atoms with Crippen molar-refractivity contribution in [2.24, 2.45) is 5.92 Å². The summed E-state index contributed by atoms with van der Waals surface area (Å²) < 4.78 is 0. The van der Waals surface area contributed by atoms with E-state index >= 15 is 0 Å². The van der Waals surface area contributed by atoms with Crippen LogP contribution in [0.3, 0.4) is 0 Å². The summed E-state index contributed by atoms with van der Waals surface area (Å²) in [7, 11) is 0. The Morgan fingerprint density at radius 2 is 1.91 bits per heavy atom. The quantitative estimate of drug-likeness (QED) is 0.713. The van der Waals surface area contributed by atoms with Crippen LogP contribution in [0, 0.1) is 5.92 Å². The third kappa shape index (κ3) is 8.21. The first-order chi connectivity index (χ1) is 10.9. The van der Waals surface area contributed by atoms with Crippen LogP contribution < -0.4 is 5.32 Å². The van der Waals surface area contributed by atoms with Gasteiger partial charge < -0.3 is 10.4 Å². The molecule has 1 aromatic rings. The van der Waals surface area contributed by atoms with Crippen molar-refractivity contribution < 1.29 is 19.5 Å². The molecule has 1 aromatic carbocycles. The van der Waals surface area contributed by atoms with Crippen LogP contribution in [0.1, 0.15) is 25.8 Å². The van der Waals surface area contributed by atoms with Crippen LogP contribution in [0.25, 0.3) is 6.08 Å². The highest BCUT2D eigenvalue weighted by Gasteiger charge is 2.14. The van der Waals surface area contributed by atoms with Crippen molar-refractivity contribution in [2.75, 3.05) is 12.3 Å². The van der Waals surface area contributed by atoms with Crippen LogP contribution >= 0.6 is 11.8 Å². The summed E-state index contributed by atoms with van der Waals surface area (Å²) >= 11 is 1.07. The monoisotopic (exact) mass is 335 g/mol. The third-order valence-corrected chi connectivity index (χ3v) is 3.86. The Morgan fingerprint density at radius 3 is 2.48 bits per heavy atom. The highest BCUT2D eigenvalue weighted by Crippen LogP contribution is 2.14. The number of aliphatic carboxylic acids is 1. The van der Waals surface area contributed by atoms with Crippen LogP contribution in [0.2, 0.25) is 0 Å². The van der Waals surface area contributed by atoms with Crippen molar-refractivity contribution in [3.8, 4) is 0 Å². The lowest BCUT2D eigenvalue weighted by Gasteiger charge is -2.12. The summed E-state index contributed by atoms with van der Waals surface area (Å²) in [6, 6.07) is 9.37. The number of carbonyl (C=O) groups excluding carboxylic acids is 2. The molecular formula is C17H21NO4S. The van der Waals surface area contributed by atoms with Gasteiger partial charge in [0.15, 0.2) is 5.12 Å². The first kappa shape index (κ1) is 19.0. The maximum atomic E-state index is 12.3. The highest BCUT2D eigenvalue weighted by atomic mass is 32.2. The number of carboxylic acid groups (broad SMARTS) is 1. The minimum absolute atomic E-state index is 0.000207. The van der Waals surface area contributed by atoms with Gasteiger partial charge >= 0.3 is 5.97 Å². The van der Waals surface area contributed by atoms with E-state index in [-0.39, 0.29) is 35.7 Å². The number of carboxylic acids is 1. The van der Waals surface area contributed by atoms with E-state index in [2.05, 4.69) is 5.32 Å². The largest absolute Gasteiger partial charge is 0.481 e. The van der Waals surface area contributed by atoms with Crippen molar-refractivity contribution >= 4 is 34.8 Å². The van der Waals surface area contributed by atoms with Gasteiger partial charge in [0.25, 0.3) is 0 Å². The van der Waals surface area contributed by atoms with Gasteiger partial charge in [0.1, 0.15) is 0 Å². The van der Waals surface area contributed by atoms with Crippen molar-refractivity contribution in [1.29, 1.82) is 0 Å². The zero-order chi connectivity index (χ0) is 17.2. The van der Waals surface area contributed by atoms with Gasteiger partial charge in [-0.05, 0) is 17.6 Å². The Hall–Kier alpha value is -2.08. The lowest BCUT2D eigenvalue weighted by atomic mass is 10.1. The number of benzene rings is 1. The van der Waals surface area contributed by atoms with Crippen molar-refractivity contribution in [3.05, 3.63) is 41.5 Å². The highest BCUT2D eigenvalue weighted by molar-refractivity contribution is 8.13. The molecule has 0 aliphatic heterocycles. The smallest absolute Gasteiger partial charge is 0.303 e. The predicted octanol–water partition coefficient (Wildman–Crippen LogP) is 2.58. The Balaban J connectivity index is 2.74. The molecule has 0 saturated heterocycles. The molecule has 1 amide bonds. The zero-order valence-corrected chi connectivity index (χ0v) is 14.1. The van der Waals surface area contributed by atoms with Crippen LogP contribution in [0.5, 0.6) is 0 Å². The van der Waals surface area contributed by atoms with Gasteiger partial charge in [0.05, 0.1) is 0 Å². The number of hydrogen-bond acceptors (Lipinski definition) is 4. The Kier molecular flexibility index (Phi) is 8.11. The summed E-state index contributed by atoms with van der Waals surface area (Å²) in [5.74, 6) is -1.04. The second-order valence-electron chi connectivity index (χ2n) is 5.27. The molecule has 124 valence electrons. The molecule has 2 N–H and O–H groups in total. The van der Waals surface area contributed by atoms with E-state index in [1.165, 1.54) is 6.92 Å². The number of rotatable bonds is 8. The van der Waals surface area contributed by atoms with Gasteiger partial charge in [-0.3, -0.25) is 14.4 Å². The predicted molar refractivity (Wildman–Crippen MR) is 92.0 cm³/mol.